The minimum atomic E-state index is -0.721. The molecular weight excluding hydrogens is 867 g/mol. The lowest BCUT2D eigenvalue weighted by molar-refractivity contribution is -0.0309. The maximum atomic E-state index is 11.7. The third-order valence-electron chi connectivity index (χ3n) is 15.5. The average molecular weight is 926 g/mol. The Bertz CT molecular complexity index is 2940. The summed E-state index contributed by atoms with van der Waals surface area (Å²) in [6, 6.07) is 34.6. The summed E-state index contributed by atoms with van der Waals surface area (Å²) in [5.74, 6) is 3.94. The number of β-amino-alcohol motifs (C(OH)–C–C–N with tert-alkyl or cyclic N) is 1. The number of thiophene rings is 1. The van der Waals surface area contributed by atoms with Crippen molar-refractivity contribution < 1.29 is 14.6 Å². The number of nitrogens with zero attached hydrogens (tertiary/aromatic N) is 9. The molecule has 0 saturated carbocycles. The van der Waals surface area contributed by atoms with Gasteiger partial charge in [0.2, 0.25) is 0 Å². The minimum Gasteiger partial charge on any atom is -0.508 e. The Balaban J connectivity index is 0.635. The van der Waals surface area contributed by atoms with Gasteiger partial charge in [-0.05, 0) is 104 Å². The van der Waals surface area contributed by atoms with Crippen LogP contribution in [0.1, 0.15) is 85.7 Å². The quantitative estimate of drug-likeness (QED) is 0.131. The summed E-state index contributed by atoms with van der Waals surface area (Å²) in [5, 5.41) is 32.1. The van der Waals surface area contributed by atoms with E-state index in [1.165, 1.54) is 38.4 Å². The molecule has 2 N–H and O–H groups in total. The molecule has 3 aromatic heterocycles. The highest BCUT2D eigenvalue weighted by molar-refractivity contribution is 7.15. The molecule has 0 spiro atoms. The lowest BCUT2D eigenvalue weighted by Crippen LogP contribution is -2.67. The number of hydrogen-bond acceptors (Lipinski definition) is 12. The summed E-state index contributed by atoms with van der Waals surface area (Å²) >= 11 is 1.76. The predicted octanol–water partition coefficient (Wildman–Crippen LogP) is 8.25. The van der Waals surface area contributed by atoms with Gasteiger partial charge in [-0.3, -0.25) is 14.5 Å². The highest BCUT2D eigenvalue weighted by Gasteiger charge is 2.43. The van der Waals surface area contributed by atoms with E-state index >= 15 is 0 Å². The fourth-order valence-corrected chi connectivity index (χ4v) is 13.0. The first-order valence-corrected chi connectivity index (χ1v) is 25.2. The Morgan fingerprint density at radius 2 is 1.54 bits per heavy atom. The van der Waals surface area contributed by atoms with Gasteiger partial charge in [0, 0.05) is 105 Å². The summed E-state index contributed by atoms with van der Waals surface area (Å²) in [5.41, 5.74) is 11.4. The molecule has 4 aliphatic heterocycles. The van der Waals surface area contributed by atoms with Crippen LogP contribution in [0.25, 0.3) is 5.00 Å². The van der Waals surface area contributed by atoms with E-state index in [9.17, 15) is 10.2 Å². The molecule has 13 heteroatoms. The van der Waals surface area contributed by atoms with Crippen molar-refractivity contribution in [2.24, 2.45) is 10.9 Å². The Morgan fingerprint density at radius 3 is 2.29 bits per heavy atom. The number of benzene rings is 4. The van der Waals surface area contributed by atoms with Crippen molar-refractivity contribution in [1.29, 1.82) is 0 Å². The fourth-order valence-electron chi connectivity index (χ4n) is 11.8. The first-order valence-electron chi connectivity index (χ1n) is 24.4. The highest BCUT2D eigenvalue weighted by Crippen LogP contribution is 2.47. The SMILES string of the molecule is Cc1sc2c(c1C)C(c1ccc(N3CC(O)(CN4CCN(CC5CN(c6ccc([C@@H]7c8ccc(O)cc8CC[C@@H]7c7ccccc7)cc6)C5)CC4)C3)cc1)=N[C@@H](Cc1ncco1)c1nnc(C)n1-2. The molecule has 3 fully saturated rings. The normalized spacial score (nSPS) is 21.6. The van der Waals surface area contributed by atoms with Crippen molar-refractivity contribution in [1.82, 2.24) is 29.5 Å². The summed E-state index contributed by atoms with van der Waals surface area (Å²) in [4.78, 5) is 21.0. The molecule has 5 aliphatic rings. The molecule has 0 amide bonds. The topological polar surface area (TPSA) is 123 Å². The Kier molecular flexibility index (Phi) is 11.1. The number of hydrogen-bond donors (Lipinski definition) is 2. The molecule has 348 valence electrons. The van der Waals surface area contributed by atoms with E-state index in [1.54, 1.807) is 23.8 Å². The first-order chi connectivity index (χ1) is 33.1. The molecule has 3 saturated heterocycles. The standard InChI is InChI=1S/C55H59N9O3S/c1-35-36(2)68-54-50(35)52(57-48(28-49-56-21-26-67-49)53-59-58-37(3)64(53)54)41-11-16-44(17-12-41)63-33-55(66,34-63)32-61-24-22-60(23-25-61)29-38-30-62(31-38)43-14-9-40(10-15-43)51-46(39-7-5-4-6-8-39)19-13-42-27-45(65)18-20-47(42)51/h4-12,14-18,20-21,26-27,38,46,48,51,65-66H,13,19,22-25,28-34H2,1-3H3/t46-,48+,51+/m1/s1. The maximum Gasteiger partial charge on any atom is 0.196 e. The predicted molar refractivity (Wildman–Crippen MR) is 268 cm³/mol. The van der Waals surface area contributed by atoms with Gasteiger partial charge in [-0.15, -0.1) is 21.5 Å². The lowest BCUT2D eigenvalue weighted by Gasteiger charge is -2.51. The van der Waals surface area contributed by atoms with Crippen LogP contribution in [0.4, 0.5) is 11.4 Å². The zero-order valence-electron chi connectivity index (χ0n) is 39.1. The van der Waals surface area contributed by atoms with Crippen LogP contribution in [0.3, 0.4) is 0 Å². The Morgan fingerprint density at radius 1 is 0.809 bits per heavy atom. The van der Waals surface area contributed by atoms with Crippen LogP contribution in [-0.4, -0.2) is 117 Å². The van der Waals surface area contributed by atoms with Crippen LogP contribution < -0.4 is 9.80 Å². The maximum absolute atomic E-state index is 11.7. The van der Waals surface area contributed by atoms with E-state index in [2.05, 4.69) is 138 Å². The molecular formula is C55H59N9O3S. The lowest BCUT2D eigenvalue weighted by atomic mass is 9.69. The number of aryl methyl sites for hydroxylation is 3. The summed E-state index contributed by atoms with van der Waals surface area (Å²) in [6.45, 7) is 15.7. The van der Waals surface area contributed by atoms with Crippen molar-refractivity contribution in [3.05, 3.63) is 171 Å². The van der Waals surface area contributed by atoms with Crippen molar-refractivity contribution in [3.8, 4) is 10.8 Å². The van der Waals surface area contributed by atoms with E-state index in [-0.39, 0.29) is 12.0 Å². The second-order valence-electron chi connectivity index (χ2n) is 20.0. The smallest absolute Gasteiger partial charge is 0.196 e. The van der Waals surface area contributed by atoms with Crippen molar-refractivity contribution in [2.75, 3.05) is 75.2 Å². The van der Waals surface area contributed by atoms with Gasteiger partial charge in [0.05, 0.1) is 18.3 Å². The largest absolute Gasteiger partial charge is 0.508 e. The highest BCUT2D eigenvalue weighted by atomic mass is 32.1. The van der Waals surface area contributed by atoms with Gasteiger partial charge < -0.3 is 29.3 Å². The number of phenols is 1. The van der Waals surface area contributed by atoms with Gasteiger partial charge in [0.15, 0.2) is 11.7 Å². The van der Waals surface area contributed by atoms with Gasteiger partial charge in [0.1, 0.15) is 34.5 Å². The Labute approximate surface area is 402 Å². The van der Waals surface area contributed by atoms with Crippen molar-refractivity contribution >= 4 is 28.4 Å². The number of oxazole rings is 1. The number of fused-ring (bicyclic) bond motifs is 4. The van der Waals surface area contributed by atoms with Gasteiger partial charge in [-0.25, -0.2) is 4.98 Å². The average Bonchev–Trinajstić information content (AvgIpc) is 4.05. The number of aromatic nitrogens is 4. The van der Waals surface area contributed by atoms with Crippen LogP contribution in [0, 0.1) is 26.7 Å². The molecule has 1 aliphatic carbocycles. The zero-order valence-corrected chi connectivity index (χ0v) is 39.9. The first kappa shape index (κ1) is 43.2. The monoisotopic (exact) mass is 925 g/mol. The molecule has 68 heavy (non-hydrogen) atoms. The molecule has 7 aromatic rings. The van der Waals surface area contributed by atoms with Gasteiger partial charge in [-0.2, -0.15) is 0 Å². The summed E-state index contributed by atoms with van der Waals surface area (Å²) in [6.07, 6.45) is 5.81. The molecule has 0 radical (unpaired) electrons. The van der Waals surface area contributed by atoms with Crippen molar-refractivity contribution in [2.45, 2.75) is 63.5 Å². The van der Waals surface area contributed by atoms with Crippen LogP contribution >= 0.6 is 11.3 Å². The molecule has 7 heterocycles. The van der Waals surface area contributed by atoms with E-state index in [4.69, 9.17) is 9.41 Å². The molecule has 12 nitrogen and oxygen atoms in total. The van der Waals surface area contributed by atoms with E-state index in [1.807, 2.05) is 19.1 Å². The second-order valence-corrected chi connectivity index (χ2v) is 21.2. The second kappa shape index (κ2) is 17.4. The summed E-state index contributed by atoms with van der Waals surface area (Å²) in [7, 11) is 0. The van der Waals surface area contributed by atoms with Crippen LogP contribution in [-0.2, 0) is 12.8 Å². The fraction of sp³-hybridized carbons (Fsp3) is 0.382. The summed E-state index contributed by atoms with van der Waals surface area (Å²) < 4.78 is 7.83. The number of piperazine rings is 1. The van der Waals surface area contributed by atoms with Crippen LogP contribution in [0.15, 0.2) is 119 Å². The zero-order chi connectivity index (χ0) is 46.1. The number of phenolic OH excluding ortho intramolecular Hbond substituents is 1. The van der Waals surface area contributed by atoms with Crippen LogP contribution in [0.5, 0.6) is 5.75 Å². The number of aliphatic hydroxyl groups is 1. The third-order valence-corrected chi connectivity index (χ3v) is 16.6. The van der Waals surface area contributed by atoms with E-state index < -0.39 is 5.60 Å². The Hall–Kier alpha value is -6.12. The van der Waals surface area contributed by atoms with E-state index in [0.29, 0.717) is 49.5 Å². The molecule has 12 rings (SSSR count). The van der Waals surface area contributed by atoms with Gasteiger partial charge in [0.25, 0.3) is 0 Å². The molecule has 4 aromatic carbocycles. The van der Waals surface area contributed by atoms with E-state index in [0.717, 1.165) is 97.8 Å². The molecule has 0 unspecified atom stereocenters. The molecule has 3 atom stereocenters. The molecule has 0 bridgehead atoms. The number of rotatable bonds is 11. The number of aromatic hydroxyl groups is 1. The number of anilines is 2. The van der Waals surface area contributed by atoms with Crippen molar-refractivity contribution in [3.63, 3.8) is 0 Å². The number of aliphatic imine (C=N–C) groups is 1. The van der Waals surface area contributed by atoms with Gasteiger partial charge >= 0.3 is 0 Å². The third kappa shape index (κ3) is 8.02. The van der Waals surface area contributed by atoms with Gasteiger partial charge in [-0.1, -0.05) is 60.7 Å². The minimum absolute atomic E-state index is 0.265. The van der Waals surface area contributed by atoms with Crippen LogP contribution in [0.2, 0.25) is 0 Å².